The highest BCUT2D eigenvalue weighted by molar-refractivity contribution is 5.75. The monoisotopic (exact) mass is 403 g/mol. The molecular formula is C25H38FNO2. The van der Waals surface area contributed by atoms with Gasteiger partial charge in [-0.1, -0.05) is 58.3 Å². The summed E-state index contributed by atoms with van der Waals surface area (Å²) in [5.41, 5.74) is 0. The van der Waals surface area contributed by atoms with Crippen molar-refractivity contribution in [1.29, 1.82) is 0 Å². The lowest BCUT2D eigenvalue weighted by molar-refractivity contribution is -0.140. The summed E-state index contributed by atoms with van der Waals surface area (Å²) in [5.74, 6) is 2.20. The number of carbonyl (C=O) groups is 1. The Kier molecular flexibility index (Phi) is 8.94. The van der Waals surface area contributed by atoms with Gasteiger partial charge in [-0.3, -0.25) is 4.79 Å². The summed E-state index contributed by atoms with van der Waals surface area (Å²) in [6, 6.07) is 2.69. The summed E-state index contributed by atoms with van der Waals surface area (Å²) in [7, 11) is 0. The van der Waals surface area contributed by atoms with E-state index in [1.54, 1.807) is 0 Å². The van der Waals surface area contributed by atoms with Crippen LogP contribution >= 0.6 is 0 Å². The maximum absolute atomic E-state index is 12.9. The molecule has 1 aromatic heterocycles. The quantitative estimate of drug-likeness (QED) is 0.251. The number of rotatable bonds is 9. The Bertz CT molecular complexity index is 602. The van der Waals surface area contributed by atoms with Crippen molar-refractivity contribution < 1.29 is 13.9 Å². The fraction of sp³-hybridized carbons (Fsp3) is 0.760. The van der Waals surface area contributed by atoms with Crippen LogP contribution in [0.2, 0.25) is 0 Å². The summed E-state index contributed by atoms with van der Waals surface area (Å²) in [5, 5.41) is 0. The van der Waals surface area contributed by atoms with Gasteiger partial charge in [-0.05, 0) is 68.4 Å². The molecule has 2 fully saturated rings. The van der Waals surface area contributed by atoms with Crippen molar-refractivity contribution in [2.75, 3.05) is 0 Å². The van der Waals surface area contributed by atoms with E-state index in [-0.39, 0.29) is 11.9 Å². The van der Waals surface area contributed by atoms with Gasteiger partial charge in [-0.2, -0.15) is 4.39 Å². The number of carbonyl (C=O) groups excluding carboxylic acids is 1. The average Bonchev–Trinajstić information content (AvgIpc) is 2.76. The molecule has 0 amide bonds. The number of ether oxygens (including phenoxy) is 1. The molecule has 3 rings (SSSR count). The van der Waals surface area contributed by atoms with E-state index in [9.17, 15) is 9.18 Å². The minimum absolute atomic E-state index is 0.0178. The summed E-state index contributed by atoms with van der Waals surface area (Å²) < 4.78 is 18.3. The molecule has 0 atom stereocenters. The van der Waals surface area contributed by atoms with Gasteiger partial charge >= 0.3 is 5.97 Å². The van der Waals surface area contributed by atoms with Crippen LogP contribution in [0.3, 0.4) is 0 Å². The second kappa shape index (κ2) is 11.7. The second-order valence-electron chi connectivity index (χ2n) is 9.33. The van der Waals surface area contributed by atoms with E-state index in [0.717, 1.165) is 43.4 Å². The van der Waals surface area contributed by atoms with E-state index in [1.165, 1.54) is 82.5 Å². The lowest BCUT2D eigenvalue weighted by Gasteiger charge is -2.37. The molecule has 0 spiro atoms. The molecule has 0 saturated heterocycles. The molecule has 29 heavy (non-hydrogen) atoms. The Morgan fingerprint density at radius 3 is 2.24 bits per heavy atom. The van der Waals surface area contributed by atoms with Crippen molar-refractivity contribution in [3.63, 3.8) is 0 Å². The smallest absolute Gasteiger partial charge is 0.314 e. The van der Waals surface area contributed by atoms with Crippen molar-refractivity contribution in [1.82, 2.24) is 4.98 Å². The summed E-state index contributed by atoms with van der Waals surface area (Å²) in [6.07, 6.45) is 19.4. The van der Waals surface area contributed by atoms with Gasteiger partial charge in [-0.25, -0.2) is 4.98 Å². The molecule has 1 heterocycles. The average molecular weight is 404 g/mol. The van der Waals surface area contributed by atoms with Crippen molar-refractivity contribution >= 4 is 5.97 Å². The zero-order valence-corrected chi connectivity index (χ0v) is 18.1. The molecule has 3 nitrogen and oxygen atoms in total. The second-order valence-corrected chi connectivity index (χ2v) is 9.33. The van der Waals surface area contributed by atoms with Gasteiger partial charge < -0.3 is 4.74 Å². The predicted octanol–water partition coefficient (Wildman–Crippen LogP) is 7.10. The van der Waals surface area contributed by atoms with Crippen molar-refractivity contribution in [2.24, 2.45) is 23.7 Å². The molecule has 4 heteroatoms. The van der Waals surface area contributed by atoms with E-state index in [0.29, 0.717) is 5.75 Å². The lowest BCUT2D eigenvalue weighted by Crippen LogP contribution is -2.30. The Morgan fingerprint density at radius 1 is 0.966 bits per heavy atom. The first-order chi connectivity index (χ1) is 14.2. The molecule has 2 aliphatic rings. The van der Waals surface area contributed by atoms with Gasteiger partial charge in [0.2, 0.25) is 5.95 Å². The first kappa shape index (κ1) is 22.2. The number of hydrogen-bond donors (Lipinski definition) is 0. The fourth-order valence-corrected chi connectivity index (χ4v) is 5.43. The van der Waals surface area contributed by atoms with Crippen LogP contribution < -0.4 is 4.74 Å². The van der Waals surface area contributed by atoms with Crippen LogP contribution in [0, 0.1) is 29.6 Å². The molecule has 0 unspecified atom stereocenters. The number of hydrogen-bond acceptors (Lipinski definition) is 3. The van der Waals surface area contributed by atoms with E-state index < -0.39 is 5.95 Å². The summed E-state index contributed by atoms with van der Waals surface area (Å²) >= 11 is 0. The van der Waals surface area contributed by atoms with Crippen molar-refractivity contribution in [3.05, 3.63) is 24.3 Å². The molecule has 162 valence electrons. The molecule has 2 saturated carbocycles. The topological polar surface area (TPSA) is 39.2 Å². The van der Waals surface area contributed by atoms with Crippen molar-refractivity contribution in [2.45, 2.75) is 96.8 Å². The van der Waals surface area contributed by atoms with Gasteiger partial charge in [0, 0.05) is 0 Å². The molecule has 0 N–H and O–H groups in total. The molecule has 0 bridgehead atoms. The van der Waals surface area contributed by atoms with E-state index in [4.69, 9.17) is 4.74 Å². The number of esters is 1. The first-order valence-corrected chi connectivity index (χ1v) is 12.0. The third-order valence-corrected chi connectivity index (χ3v) is 7.30. The van der Waals surface area contributed by atoms with Crippen LogP contribution in [-0.2, 0) is 4.79 Å². The van der Waals surface area contributed by atoms with Crippen LogP contribution in [0.5, 0.6) is 5.75 Å². The molecule has 1 aromatic rings. The Hall–Kier alpha value is -1.45. The van der Waals surface area contributed by atoms with Crippen LogP contribution in [0.15, 0.2) is 18.3 Å². The Morgan fingerprint density at radius 2 is 1.62 bits per heavy atom. The first-order valence-electron chi connectivity index (χ1n) is 12.0. The van der Waals surface area contributed by atoms with Gasteiger partial charge in [0.15, 0.2) is 0 Å². The maximum Gasteiger partial charge on any atom is 0.314 e. The number of unbranched alkanes of at least 4 members (excludes halogenated alkanes) is 4. The van der Waals surface area contributed by atoms with E-state index >= 15 is 0 Å². The highest BCUT2D eigenvalue weighted by Gasteiger charge is 2.33. The number of aromatic nitrogens is 1. The molecule has 0 aliphatic heterocycles. The van der Waals surface area contributed by atoms with Gasteiger partial charge in [0.1, 0.15) is 5.75 Å². The van der Waals surface area contributed by atoms with Crippen LogP contribution in [0.25, 0.3) is 0 Å². The number of nitrogens with zero attached hydrogens (tertiary/aromatic N) is 1. The number of halogens is 1. The highest BCUT2D eigenvalue weighted by Crippen LogP contribution is 2.42. The summed E-state index contributed by atoms with van der Waals surface area (Å²) in [4.78, 5) is 15.9. The van der Waals surface area contributed by atoms with Crippen LogP contribution in [-0.4, -0.2) is 11.0 Å². The van der Waals surface area contributed by atoms with Crippen molar-refractivity contribution in [3.8, 4) is 5.75 Å². The summed E-state index contributed by atoms with van der Waals surface area (Å²) in [6.45, 7) is 2.28. The fourth-order valence-electron chi connectivity index (χ4n) is 5.43. The predicted molar refractivity (Wildman–Crippen MR) is 114 cm³/mol. The number of pyridine rings is 1. The van der Waals surface area contributed by atoms with Gasteiger partial charge in [0.05, 0.1) is 12.1 Å². The maximum atomic E-state index is 12.9. The normalized spacial score (nSPS) is 27.5. The zero-order chi connectivity index (χ0) is 20.5. The van der Waals surface area contributed by atoms with Gasteiger partial charge in [-0.15, -0.1) is 0 Å². The van der Waals surface area contributed by atoms with Crippen LogP contribution in [0.1, 0.15) is 96.8 Å². The largest absolute Gasteiger partial charge is 0.425 e. The Labute approximate surface area is 175 Å². The zero-order valence-electron chi connectivity index (χ0n) is 18.1. The lowest BCUT2D eigenvalue weighted by atomic mass is 9.68. The van der Waals surface area contributed by atoms with E-state index in [2.05, 4.69) is 11.9 Å². The SMILES string of the molecule is CCCCCCC[C@H]1CC[C@H](C2CCC(C(=O)Oc3ccc(F)nc3)CC2)CC1. The molecular weight excluding hydrogens is 365 g/mol. The van der Waals surface area contributed by atoms with E-state index in [1.807, 2.05) is 0 Å². The molecule has 0 radical (unpaired) electrons. The minimum Gasteiger partial charge on any atom is -0.425 e. The van der Waals surface area contributed by atoms with Gasteiger partial charge in [0.25, 0.3) is 0 Å². The third kappa shape index (κ3) is 7.08. The highest BCUT2D eigenvalue weighted by atomic mass is 19.1. The Balaban J connectivity index is 1.32. The van der Waals surface area contributed by atoms with Crippen LogP contribution in [0.4, 0.5) is 4.39 Å². The minimum atomic E-state index is -0.559. The standard InChI is InChI=1S/C25H38FNO2/c1-2-3-4-5-6-7-19-8-10-20(11-9-19)21-12-14-22(15-13-21)25(28)29-23-16-17-24(26)27-18-23/h16-22H,2-15H2,1H3/t19-,20-,21?,22?. The third-order valence-electron chi connectivity index (χ3n) is 7.30. The molecule has 0 aromatic carbocycles. The molecule has 2 aliphatic carbocycles.